The van der Waals surface area contributed by atoms with Crippen LogP contribution in [0.5, 0.6) is 0 Å². The van der Waals surface area contributed by atoms with Crippen LogP contribution in [0.2, 0.25) is 5.02 Å². The highest BCUT2D eigenvalue weighted by atomic mass is 35.5. The van der Waals surface area contributed by atoms with E-state index in [0.717, 1.165) is 44.6 Å². The molecule has 1 amide bonds. The average Bonchev–Trinajstić information content (AvgIpc) is 3.42. The first-order chi connectivity index (χ1) is 14.8. The monoisotopic (exact) mass is 465 g/mol. The SMILES string of the molecule is O=C(c1ccc(Cl)c(NS(=O)(=O)c2ccc(F)cc2)c1)N1CCCC1CN1CCCC1. The van der Waals surface area contributed by atoms with Gasteiger partial charge in [-0.05, 0) is 81.2 Å². The molecule has 2 aliphatic heterocycles. The molecular formula is C22H25ClFN3O3S. The van der Waals surface area contributed by atoms with Gasteiger partial charge in [0.2, 0.25) is 0 Å². The normalized spacial score (nSPS) is 19.7. The predicted octanol–water partition coefficient (Wildman–Crippen LogP) is 3.98. The zero-order valence-electron chi connectivity index (χ0n) is 17.1. The van der Waals surface area contributed by atoms with Crippen LogP contribution in [0.1, 0.15) is 36.0 Å². The second kappa shape index (κ2) is 9.14. The first-order valence-electron chi connectivity index (χ1n) is 10.4. The molecule has 0 aliphatic carbocycles. The molecule has 0 bridgehead atoms. The summed E-state index contributed by atoms with van der Waals surface area (Å²) in [6.45, 7) is 3.73. The minimum Gasteiger partial charge on any atom is -0.334 e. The van der Waals surface area contributed by atoms with E-state index in [4.69, 9.17) is 11.6 Å². The van der Waals surface area contributed by atoms with Crippen molar-refractivity contribution in [2.45, 2.75) is 36.6 Å². The van der Waals surface area contributed by atoms with Gasteiger partial charge in [-0.3, -0.25) is 9.52 Å². The Morgan fingerprint density at radius 2 is 1.77 bits per heavy atom. The zero-order valence-corrected chi connectivity index (χ0v) is 18.6. The number of carbonyl (C=O) groups is 1. The second-order valence-electron chi connectivity index (χ2n) is 8.06. The second-order valence-corrected chi connectivity index (χ2v) is 10.1. The molecule has 4 rings (SSSR count). The Bertz CT molecular complexity index is 1060. The topological polar surface area (TPSA) is 69.7 Å². The van der Waals surface area contributed by atoms with Gasteiger partial charge in [-0.25, -0.2) is 12.8 Å². The highest BCUT2D eigenvalue weighted by Crippen LogP contribution is 2.28. The summed E-state index contributed by atoms with van der Waals surface area (Å²) in [6.07, 6.45) is 4.34. The number of sulfonamides is 1. The van der Waals surface area contributed by atoms with Crippen molar-refractivity contribution in [2.24, 2.45) is 0 Å². The van der Waals surface area contributed by atoms with Crippen LogP contribution >= 0.6 is 11.6 Å². The van der Waals surface area contributed by atoms with Crippen LogP contribution in [0.4, 0.5) is 10.1 Å². The number of carbonyl (C=O) groups excluding carboxylic acids is 1. The van der Waals surface area contributed by atoms with Crippen molar-refractivity contribution in [1.82, 2.24) is 9.80 Å². The van der Waals surface area contributed by atoms with E-state index in [2.05, 4.69) is 9.62 Å². The fourth-order valence-corrected chi connectivity index (χ4v) is 5.57. The van der Waals surface area contributed by atoms with Crippen molar-refractivity contribution in [3.63, 3.8) is 0 Å². The molecule has 31 heavy (non-hydrogen) atoms. The molecule has 1 atom stereocenters. The summed E-state index contributed by atoms with van der Waals surface area (Å²) in [7, 11) is -3.97. The number of hydrogen-bond acceptors (Lipinski definition) is 4. The van der Waals surface area contributed by atoms with Crippen LogP contribution in [0, 0.1) is 5.82 Å². The molecular weight excluding hydrogens is 441 g/mol. The number of benzene rings is 2. The van der Waals surface area contributed by atoms with Gasteiger partial charge >= 0.3 is 0 Å². The van der Waals surface area contributed by atoms with Crippen molar-refractivity contribution < 1.29 is 17.6 Å². The lowest BCUT2D eigenvalue weighted by Crippen LogP contribution is -2.42. The summed E-state index contributed by atoms with van der Waals surface area (Å²) < 4.78 is 40.9. The van der Waals surface area contributed by atoms with Gasteiger partial charge in [0.25, 0.3) is 15.9 Å². The number of anilines is 1. The third kappa shape index (κ3) is 5.02. The Labute approximate surface area is 187 Å². The lowest BCUT2D eigenvalue weighted by Gasteiger charge is -2.28. The van der Waals surface area contributed by atoms with Gasteiger partial charge in [-0.15, -0.1) is 0 Å². The van der Waals surface area contributed by atoms with Gasteiger partial charge in [-0.1, -0.05) is 11.6 Å². The maximum Gasteiger partial charge on any atom is 0.261 e. The van der Waals surface area contributed by atoms with Crippen LogP contribution < -0.4 is 4.72 Å². The van der Waals surface area contributed by atoms with Gasteiger partial charge in [0, 0.05) is 24.7 Å². The van der Waals surface area contributed by atoms with Crippen molar-refractivity contribution in [3.8, 4) is 0 Å². The molecule has 6 nitrogen and oxygen atoms in total. The Balaban J connectivity index is 1.52. The standard InChI is InChI=1S/C22H25ClFN3O3S/c23-20-10-5-16(14-21(20)25-31(29,30)19-8-6-17(24)7-9-19)22(28)27-13-3-4-18(27)15-26-11-1-2-12-26/h5-10,14,18,25H,1-4,11-13,15H2. The Morgan fingerprint density at radius 3 is 2.48 bits per heavy atom. The molecule has 2 heterocycles. The molecule has 166 valence electrons. The van der Waals surface area contributed by atoms with Gasteiger partial charge in [-0.2, -0.15) is 0 Å². The Kier molecular flexibility index (Phi) is 6.50. The van der Waals surface area contributed by atoms with Crippen molar-refractivity contribution in [3.05, 3.63) is 58.9 Å². The zero-order chi connectivity index (χ0) is 22.0. The molecule has 9 heteroatoms. The lowest BCUT2D eigenvalue weighted by atomic mass is 10.1. The van der Waals surface area contributed by atoms with Crippen LogP contribution in [-0.2, 0) is 10.0 Å². The van der Waals surface area contributed by atoms with Crippen molar-refractivity contribution in [1.29, 1.82) is 0 Å². The summed E-state index contributed by atoms with van der Waals surface area (Å²) in [4.78, 5) is 17.4. The highest BCUT2D eigenvalue weighted by molar-refractivity contribution is 7.92. The fraction of sp³-hybridized carbons (Fsp3) is 0.409. The molecule has 2 aliphatic rings. The number of likely N-dealkylation sites (tertiary alicyclic amines) is 2. The van der Waals surface area contributed by atoms with Gasteiger partial charge in [0.1, 0.15) is 5.82 Å². The molecule has 2 aromatic rings. The van der Waals surface area contributed by atoms with E-state index in [1.165, 1.54) is 37.1 Å². The number of nitrogens with one attached hydrogen (secondary N) is 1. The number of rotatable bonds is 6. The molecule has 0 aromatic heterocycles. The Hall–Kier alpha value is -2.16. The van der Waals surface area contributed by atoms with Crippen LogP contribution in [0.3, 0.4) is 0 Å². The molecule has 0 radical (unpaired) electrons. The number of halogens is 2. The van der Waals surface area contributed by atoms with E-state index in [9.17, 15) is 17.6 Å². The summed E-state index contributed by atoms with van der Waals surface area (Å²) in [5, 5.41) is 0.178. The van der Waals surface area contributed by atoms with Crippen molar-refractivity contribution >= 4 is 33.2 Å². The molecule has 0 saturated carbocycles. The number of nitrogens with zero attached hydrogens (tertiary/aromatic N) is 2. The van der Waals surface area contributed by atoms with Crippen molar-refractivity contribution in [2.75, 3.05) is 30.9 Å². The number of hydrogen-bond donors (Lipinski definition) is 1. The summed E-state index contributed by atoms with van der Waals surface area (Å²) >= 11 is 6.20. The van der Waals surface area contributed by atoms with Crippen LogP contribution in [0.15, 0.2) is 47.4 Å². The molecule has 1 N–H and O–H groups in total. The minimum atomic E-state index is -3.97. The fourth-order valence-electron chi connectivity index (χ4n) is 4.28. The summed E-state index contributed by atoms with van der Waals surface area (Å²) in [5.41, 5.74) is 0.502. The first-order valence-corrected chi connectivity index (χ1v) is 12.3. The van der Waals surface area contributed by atoms with E-state index < -0.39 is 15.8 Å². The van der Waals surface area contributed by atoms with E-state index >= 15 is 0 Å². The largest absolute Gasteiger partial charge is 0.334 e. The maximum atomic E-state index is 13.2. The van der Waals surface area contributed by atoms with Gasteiger partial charge in [0.15, 0.2) is 0 Å². The van der Waals surface area contributed by atoms with E-state index in [0.29, 0.717) is 12.1 Å². The van der Waals surface area contributed by atoms with Crippen LogP contribution in [-0.4, -0.2) is 56.3 Å². The van der Waals surface area contributed by atoms with Crippen LogP contribution in [0.25, 0.3) is 0 Å². The highest BCUT2D eigenvalue weighted by Gasteiger charge is 2.31. The molecule has 2 aromatic carbocycles. The Morgan fingerprint density at radius 1 is 1.06 bits per heavy atom. The predicted molar refractivity (Wildman–Crippen MR) is 118 cm³/mol. The quantitative estimate of drug-likeness (QED) is 0.700. The van der Waals surface area contributed by atoms with E-state index in [1.807, 2.05) is 4.90 Å². The average molecular weight is 466 g/mol. The molecule has 0 spiro atoms. The van der Waals surface area contributed by atoms with Gasteiger partial charge < -0.3 is 9.80 Å². The van der Waals surface area contributed by atoms with Gasteiger partial charge in [0.05, 0.1) is 15.6 Å². The van der Waals surface area contributed by atoms with E-state index in [-0.39, 0.29) is 27.6 Å². The smallest absolute Gasteiger partial charge is 0.261 e. The third-order valence-corrected chi connectivity index (χ3v) is 7.60. The summed E-state index contributed by atoms with van der Waals surface area (Å²) in [5.74, 6) is -0.653. The molecule has 1 unspecified atom stereocenters. The molecule has 2 fully saturated rings. The first kappa shape index (κ1) is 22.0. The third-order valence-electron chi connectivity index (χ3n) is 5.89. The molecule has 2 saturated heterocycles. The van der Waals surface area contributed by atoms with E-state index in [1.54, 1.807) is 6.07 Å². The minimum absolute atomic E-state index is 0.0908. The maximum absolute atomic E-state index is 13.2. The summed E-state index contributed by atoms with van der Waals surface area (Å²) in [6, 6.07) is 9.27. The lowest BCUT2D eigenvalue weighted by molar-refractivity contribution is 0.0709. The number of amides is 1.